The van der Waals surface area contributed by atoms with Gasteiger partial charge in [0.2, 0.25) is 5.91 Å². The van der Waals surface area contributed by atoms with Gasteiger partial charge in [0.15, 0.2) is 0 Å². The predicted molar refractivity (Wildman–Crippen MR) is 63.5 cm³/mol. The van der Waals surface area contributed by atoms with E-state index < -0.39 is 0 Å². The van der Waals surface area contributed by atoms with Gasteiger partial charge in [0.25, 0.3) is 0 Å². The third kappa shape index (κ3) is 7.21. The molecule has 0 aliphatic carbocycles. The van der Waals surface area contributed by atoms with Gasteiger partial charge in [-0.15, -0.1) is 11.8 Å². The van der Waals surface area contributed by atoms with Gasteiger partial charge in [-0.3, -0.25) is 4.79 Å². The second kappa shape index (κ2) is 5.03. The minimum atomic E-state index is -0.296. The van der Waals surface area contributed by atoms with Gasteiger partial charge in [0, 0.05) is 16.8 Å². The summed E-state index contributed by atoms with van der Waals surface area (Å²) >= 11 is 1.64. The fourth-order valence-electron chi connectivity index (χ4n) is 0.747. The molecule has 0 aliphatic rings. The first-order valence-corrected chi connectivity index (χ1v) is 5.80. The summed E-state index contributed by atoms with van der Waals surface area (Å²) in [6, 6.07) is 0. The Morgan fingerprint density at radius 3 is 2.14 bits per heavy atom. The molecular formula is C10H22N2OS. The van der Waals surface area contributed by atoms with E-state index in [1.807, 2.05) is 13.8 Å². The number of nitrogens with one attached hydrogen (secondary N) is 1. The summed E-state index contributed by atoms with van der Waals surface area (Å²) in [5.41, 5.74) is 5.22. The maximum absolute atomic E-state index is 11.5. The van der Waals surface area contributed by atoms with Gasteiger partial charge in [-0.05, 0) is 13.8 Å². The number of hydrogen-bond donors (Lipinski definition) is 2. The number of rotatable bonds is 4. The molecule has 0 saturated carbocycles. The van der Waals surface area contributed by atoms with Crippen LogP contribution in [0.2, 0.25) is 0 Å². The van der Waals surface area contributed by atoms with Crippen molar-refractivity contribution in [3.8, 4) is 0 Å². The lowest BCUT2D eigenvalue weighted by Crippen LogP contribution is -2.49. The van der Waals surface area contributed by atoms with E-state index in [1.165, 1.54) is 0 Å². The van der Waals surface area contributed by atoms with Crippen LogP contribution in [0.15, 0.2) is 0 Å². The second-order valence-corrected chi connectivity index (χ2v) is 6.84. The highest BCUT2D eigenvalue weighted by Gasteiger charge is 2.19. The van der Waals surface area contributed by atoms with E-state index in [1.54, 1.807) is 11.8 Å². The highest BCUT2D eigenvalue weighted by atomic mass is 32.2. The molecule has 0 heterocycles. The van der Waals surface area contributed by atoms with E-state index in [4.69, 9.17) is 5.73 Å². The van der Waals surface area contributed by atoms with Crippen LogP contribution in [0.3, 0.4) is 0 Å². The Morgan fingerprint density at radius 2 is 1.79 bits per heavy atom. The first-order chi connectivity index (χ1) is 6.16. The van der Waals surface area contributed by atoms with Gasteiger partial charge in [-0.25, -0.2) is 0 Å². The van der Waals surface area contributed by atoms with Crippen molar-refractivity contribution in [2.24, 2.45) is 5.73 Å². The van der Waals surface area contributed by atoms with Crippen LogP contribution in [0.5, 0.6) is 0 Å². The summed E-state index contributed by atoms with van der Waals surface area (Å²) in [5.74, 6) is 0.549. The molecule has 3 nitrogen and oxygen atoms in total. The summed E-state index contributed by atoms with van der Waals surface area (Å²) in [7, 11) is 0. The van der Waals surface area contributed by atoms with Gasteiger partial charge in [-0.2, -0.15) is 0 Å². The molecule has 0 saturated heterocycles. The second-order valence-electron chi connectivity index (χ2n) is 5.04. The minimum absolute atomic E-state index is 0.0559. The Bertz CT molecular complexity index is 197. The summed E-state index contributed by atoms with van der Waals surface area (Å²) in [6.45, 7) is 10.6. The Hall–Kier alpha value is -0.220. The molecule has 0 spiro atoms. The minimum Gasteiger partial charge on any atom is -0.349 e. The fraction of sp³-hybridized carbons (Fsp3) is 0.900. The standard InChI is InChI=1S/C10H22N2OS/c1-9(2,3)14-6-8(13)12-10(4,5)7-11/h6-7,11H2,1-5H3,(H,12,13). The van der Waals surface area contributed by atoms with Gasteiger partial charge in [-0.1, -0.05) is 20.8 Å². The summed E-state index contributed by atoms with van der Waals surface area (Å²) in [5, 5.41) is 2.89. The van der Waals surface area contributed by atoms with E-state index in [2.05, 4.69) is 26.1 Å². The Balaban J connectivity index is 3.89. The summed E-state index contributed by atoms with van der Waals surface area (Å²) < 4.78 is 0.129. The van der Waals surface area contributed by atoms with Crippen molar-refractivity contribution in [1.82, 2.24) is 5.32 Å². The average Bonchev–Trinajstić information content (AvgIpc) is 1.99. The van der Waals surface area contributed by atoms with Gasteiger partial charge < -0.3 is 11.1 Å². The molecule has 84 valence electrons. The third-order valence-corrected chi connectivity index (χ3v) is 2.90. The van der Waals surface area contributed by atoms with Gasteiger partial charge in [0.1, 0.15) is 0 Å². The molecule has 0 rings (SSSR count). The number of amides is 1. The maximum Gasteiger partial charge on any atom is 0.230 e. The predicted octanol–water partition coefficient (Wildman–Crippen LogP) is 1.37. The van der Waals surface area contributed by atoms with Crippen molar-refractivity contribution in [2.75, 3.05) is 12.3 Å². The van der Waals surface area contributed by atoms with Gasteiger partial charge in [0.05, 0.1) is 5.75 Å². The lowest BCUT2D eigenvalue weighted by Gasteiger charge is -2.25. The quantitative estimate of drug-likeness (QED) is 0.749. The molecule has 1 amide bonds. The lowest BCUT2D eigenvalue weighted by molar-refractivity contribution is -0.120. The molecule has 0 radical (unpaired) electrons. The molecule has 4 heteroatoms. The SMILES string of the molecule is CC(C)(CN)NC(=O)CSC(C)(C)C. The van der Waals surface area contributed by atoms with E-state index in [-0.39, 0.29) is 16.2 Å². The monoisotopic (exact) mass is 218 g/mol. The van der Waals surface area contributed by atoms with E-state index >= 15 is 0 Å². The zero-order valence-electron chi connectivity index (χ0n) is 9.81. The fourth-order valence-corrected chi connectivity index (χ4v) is 1.38. The zero-order chi connectivity index (χ0) is 11.4. The van der Waals surface area contributed by atoms with Crippen LogP contribution in [-0.2, 0) is 4.79 Å². The average molecular weight is 218 g/mol. The third-order valence-electron chi connectivity index (χ3n) is 1.62. The molecule has 0 fully saturated rings. The van der Waals surface area contributed by atoms with Crippen LogP contribution in [0.4, 0.5) is 0 Å². The number of thioether (sulfide) groups is 1. The van der Waals surface area contributed by atoms with Crippen LogP contribution in [0.25, 0.3) is 0 Å². The number of carbonyl (C=O) groups is 1. The van der Waals surface area contributed by atoms with Crippen molar-refractivity contribution < 1.29 is 4.79 Å². The molecule has 0 bridgehead atoms. The van der Waals surface area contributed by atoms with E-state index in [0.717, 1.165) is 0 Å². The number of hydrogen-bond acceptors (Lipinski definition) is 3. The molecule has 14 heavy (non-hydrogen) atoms. The number of nitrogens with two attached hydrogens (primary N) is 1. The Morgan fingerprint density at radius 1 is 1.29 bits per heavy atom. The van der Waals surface area contributed by atoms with E-state index in [9.17, 15) is 4.79 Å². The van der Waals surface area contributed by atoms with Gasteiger partial charge >= 0.3 is 0 Å². The highest BCUT2D eigenvalue weighted by molar-refractivity contribution is 8.01. The highest BCUT2D eigenvalue weighted by Crippen LogP contribution is 2.22. The molecule has 0 aromatic carbocycles. The van der Waals surface area contributed by atoms with Crippen molar-refractivity contribution in [3.63, 3.8) is 0 Å². The van der Waals surface area contributed by atoms with Crippen LogP contribution in [0, 0.1) is 0 Å². The zero-order valence-corrected chi connectivity index (χ0v) is 10.6. The van der Waals surface area contributed by atoms with Crippen LogP contribution in [-0.4, -0.2) is 28.5 Å². The molecule has 0 aromatic rings. The van der Waals surface area contributed by atoms with Crippen molar-refractivity contribution >= 4 is 17.7 Å². The Kier molecular flexibility index (Phi) is 4.95. The normalized spacial score (nSPS) is 12.7. The summed E-state index contributed by atoms with van der Waals surface area (Å²) in [6.07, 6.45) is 0. The van der Waals surface area contributed by atoms with Crippen molar-refractivity contribution in [2.45, 2.75) is 44.9 Å². The van der Waals surface area contributed by atoms with Crippen LogP contribution in [0.1, 0.15) is 34.6 Å². The molecule has 0 aliphatic heterocycles. The van der Waals surface area contributed by atoms with Crippen molar-refractivity contribution in [1.29, 1.82) is 0 Å². The number of carbonyl (C=O) groups excluding carboxylic acids is 1. The maximum atomic E-state index is 11.5. The first kappa shape index (κ1) is 13.8. The topological polar surface area (TPSA) is 55.1 Å². The molecule has 0 atom stereocenters. The Labute approximate surface area is 91.2 Å². The summed E-state index contributed by atoms with van der Waals surface area (Å²) in [4.78, 5) is 11.5. The molecule has 0 unspecified atom stereocenters. The largest absolute Gasteiger partial charge is 0.349 e. The molecule has 0 aromatic heterocycles. The van der Waals surface area contributed by atoms with E-state index in [0.29, 0.717) is 12.3 Å². The first-order valence-electron chi connectivity index (χ1n) is 4.81. The van der Waals surface area contributed by atoms with Crippen molar-refractivity contribution in [3.05, 3.63) is 0 Å². The van der Waals surface area contributed by atoms with Crippen LogP contribution < -0.4 is 11.1 Å². The lowest BCUT2D eigenvalue weighted by atomic mass is 10.1. The smallest absolute Gasteiger partial charge is 0.230 e. The van der Waals surface area contributed by atoms with Crippen LogP contribution >= 0.6 is 11.8 Å². The molecular weight excluding hydrogens is 196 g/mol. The molecule has 3 N–H and O–H groups in total.